The monoisotopic (exact) mass is 272 g/mol. The molecule has 0 aliphatic carbocycles. The highest BCUT2D eigenvalue weighted by molar-refractivity contribution is 5.25. The summed E-state index contributed by atoms with van der Waals surface area (Å²) in [7, 11) is 0. The Kier molecular flexibility index (Phi) is 5.85. The SMILES string of the molecule is CCOC(CC)(CC)C(NN)c1ccc(F)cc1F. The van der Waals surface area contributed by atoms with Crippen LogP contribution in [0, 0.1) is 11.6 Å². The fourth-order valence-electron chi connectivity index (χ4n) is 2.49. The first-order valence-corrected chi connectivity index (χ1v) is 6.59. The Labute approximate surface area is 113 Å². The number of halogens is 2. The molecule has 0 bridgehead atoms. The lowest BCUT2D eigenvalue weighted by molar-refractivity contribution is -0.0741. The zero-order valence-electron chi connectivity index (χ0n) is 11.7. The van der Waals surface area contributed by atoms with E-state index in [1.165, 1.54) is 12.1 Å². The molecule has 0 heterocycles. The average Bonchev–Trinajstić information content (AvgIpc) is 2.40. The molecule has 0 saturated carbocycles. The van der Waals surface area contributed by atoms with Gasteiger partial charge in [-0.05, 0) is 25.8 Å². The van der Waals surface area contributed by atoms with Crippen molar-refractivity contribution in [3.63, 3.8) is 0 Å². The van der Waals surface area contributed by atoms with Gasteiger partial charge >= 0.3 is 0 Å². The molecule has 0 amide bonds. The second kappa shape index (κ2) is 6.93. The highest BCUT2D eigenvalue weighted by Crippen LogP contribution is 2.36. The van der Waals surface area contributed by atoms with Crippen LogP contribution in [0.5, 0.6) is 0 Å². The molecule has 1 aromatic carbocycles. The van der Waals surface area contributed by atoms with E-state index in [-0.39, 0.29) is 0 Å². The standard InChI is InChI=1S/C14H22F2N2O/c1-4-14(5-2,19-6-3)13(18-17)11-8-7-10(15)9-12(11)16/h7-9,13,18H,4-6,17H2,1-3H3. The van der Waals surface area contributed by atoms with Crippen LogP contribution >= 0.6 is 0 Å². The minimum absolute atomic E-state index is 0.320. The minimum atomic E-state index is -0.617. The molecule has 5 heteroatoms. The van der Waals surface area contributed by atoms with E-state index in [1.807, 2.05) is 20.8 Å². The van der Waals surface area contributed by atoms with Gasteiger partial charge in [0.25, 0.3) is 0 Å². The maximum Gasteiger partial charge on any atom is 0.131 e. The molecule has 1 rings (SSSR count). The first kappa shape index (κ1) is 16.0. The lowest BCUT2D eigenvalue weighted by Gasteiger charge is -2.39. The van der Waals surface area contributed by atoms with Gasteiger partial charge in [0.05, 0.1) is 11.6 Å². The summed E-state index contributed by atoms with van der Waals surface area (Å²) >= 11 is 0. The molecule has 108 valence electrons. The maximum absolute atomic E-state index is 13.9. The van der Waals surface area contributed by atoms with E-state index in [9.17, 15) is 8.78 Å². The van der Waals surface area contributed by atoms with Crippen LogP contribution in [-0.4, -0.2) is 12.2 Å². The normalized spacial score (nSPS) is 13.6. The molecular formula is C14H22F2N2O. The first-order valence-electron chi connectivity index (χ1n) is 6.59. The van der Waals surface area contributed by atoms with E-state index in [0.29, 0.717) is 25.0 Å². The largest absolute Gasteiger partial charge is 0.373 e. The van der Waals surface area contributed by atoms with E-state index in [4.69, 9.17) is 10.6 Å². The Morgan fingerprint density at radius 2 is 1.89 bits per heavy atom. The molecule has 1 unspecified atom stereocenters. The van der Waals surface area contributed by atoms with Gasteiger partial charge < -0.3 is 4.74 Å². The molecule has 19 heavy (non-hydrogen) atoms. The Morgan fingerprint density at radius 3 is 2.32 bits per heavy atom. The van der Waals surface area contributed by atoms with Gasteiger partial charge in [-0.2, -0.15) is 0 Å². The lowest BCUT2D eigenvalue weighted by atomic mass is 9.84. The number of nitrogens with one attached hydrogen (secondary N) is 1. The Morgan fingerprint density at radius 1 is 1.26 bits per heavy atom. The van der Waals surface area contributed by atoms with Crippen LogP contribution in [0.25, 0.3) is 0 Å². The number of nitrogens with two attached hydrogens (primary N) is 1. The summed E-state index contributed by atoms with van der Waals surface area (Å²) in [6.45, 7) is 6.31. The third-order valence-corrected chi connectivity index (χ3v) is 3.59. The van der Waals surface area contributed by atoms with Crippen LogP contribution < -0.4 is 11.3 Å². The smallest absolute Gasteiger partial charge is 0.131 e. The van der Waals surface area contributed by atoms with Gasteiger partial charge in [-0.1, -0.05) is 19.9 Å². The van der Waals surface area contributed by atoms with Crippen molar-refractivity contribution in [2.45, 2.75) is 45.3 Å². The van der Waals surface area contributed by atoms with Crippen molar-refractivity contribution in [1.82, 2.24) is 5.43 Å². The van der Waals surface area contributed by atoms with Crippen molar-refractivity contribution in [2.75, 3.05) is 6.61 Å². The van der Waals surface area contributed by atoms with Gasteiger partial charge in [0, 0.05) is 18.2 Å². The Hall–Kier alpha value is -1.04. The molecule has 0 radical (unpaired) electrons. The third kappa shape index (κ3) is 3.29. The van der Waals surface area contributed by atoms with Crippen molar-refractivity contribution in [1.29, 1.82) is 0 Å². The second-order valence-corrected chi connectivity index (χ2v) is 4.47. The number of hydrogen-bond acceptors (Lipinski definition) is 3. The minimum Gasteiger partial charge on any atom is -0.373 e. The lowest BCUT2D eigenvalue weighted by Crippen LogP contribution is -2.48. The molecule has 0 aliphatic heterocycles. The molecule has 0 fully saturated rings. The van der Waals surface area contributed by atoms with E-state index < -0.39 is 23.3 Å². The summed E-state index contributed by atoms with van der Waals surface area (Å²) in [5, 5.41) is 0. The zero-order chi connectivity index (χ0) is 14.5. The Balaban J connectivity index is 3.23. The predicted molar refractivity (Wildman–Crippen MR) is 71.4 cm³/mol. The van der Waals surface area contributed by atoms with E-state index in [2.05, 4.69) is 5.43 Å². The summed E-state index contributed by atoms with van der Waals surface area (Å²) in [4.78, 5) is 0. The van der Waals surface area contributed by atoms with Gasteiger partial charge in [0.1, 0.15) is 11.6 Å². The van der Waals surface area contributed by atoms with Gasteiger partial charge in [0.2, 0.25) is 0 Å². The number of hydrogen-bond donors (Lipinski definition) is 2. The average molecular weight is 272 g/mol. The van der Waals surface area contributed by atoms with Crippen molar-refractivity contribution in [3.8, 4) is 0 Å². The Bertz CT molecular complexity index is 408. The second-order valence-electron chi connectivity index (χ2n) is 4.47. The fraction of sp³-hybridized carbons (Fsp3) is 0.571. The van der Waals surface area contributed by atoms with E-state index in [1.54, 1.807) is 0 Å². The van der Waals surface area contributed by atoms with E-state index >= 15 is 0 Å². The molecule has 0 aromatic heterocycles. The summed E-state index contributed by atoms with van der Waals surface area (Å²) in [5.74, 6) is 4.37. The summed E-state index contributed by atoms with van der Waals surface area (Å²) < 4.78 is 32.8. The summed E-state index contributed by atoms with van der Waals surface area (Å²) in [6.07, 6.45) is 1.34. The third-order valence-electron chi connectivity index (χ3n) is 3.59. The fourth-order valence-corrected chi connectivity index (χ4v) is 2.49. The van der Waals surface area contributed by atoms with Crippen LogP contribution in [-0.2, 0) is 4.74 Å². The highest BCUT2D eigenvalue weighted by atomic mass is 19.1. The molecule has 1 aromatic rings. The van der Waals surface area contributed by atoms with Crippen LogP contribution in [0.1, 0.15) is 45.2 Å². The van der Waals surface area contributed by atoms with Gasteiger partial charge in [0.15, 0.2) is 0 Å². The van der Waals surface area contributed by atoms with Crippen molar-refractivity contribution in [3.05, 3.63) is 35.4 Å². The molecule has 1 atom stereocenters. The molecule has 0 saturated heterocycles. The summed E-state index contributed by atoms with van der Waals surface area (Å²) in [5.41, 5.74) is 2.33. The predicted octanol–water partition coefficient (Wildman–Crippen LogP) is 3.06. The maximum atomic E-state index is 13.9. The van der Waals surface area contributed by atoms with Crippen molar-refractivity contribution < 1.29 is 13.5 Å². The van der Waals surface area contributed by atoms with Crippen LogP contribution in [0.4, 0.5) is 8.78 Å². The van der Waals surface area contributed by atoms with Crippen LogP contribution in [0.2, 0.25) is 0 Å². The van der Waals surface area contributed by atoms with Crippen molar-refractivity contribution in [2.24, 2.45) is 5.84 Å². The molecule has 3 N–H and O–H groups in total. The van der Waals surface area contributed by atoms with Gasteiger partial charge in [-0.3, -0.25) is 5.84 Å². The van der Waals surface area contributed by atoms with Crippen LogP contribution in [0.3, 0.4) is 0 Å². The van der Waals surface area contributed by atoms with Gasteiger partial charge in [-0.15, -0.1) is 0 Å². The molecule has 0 aliphatic rings. The van der Waals surface area contributed by atoms with Crippen LogP contribution in [0.15, 0.2) is 18.2 Å². The van der Waals surface area contributed by atoms with Crippen molar-refractivity contribution >= 4 is 0 Å². The zero-order valence-corrected chi connectivity index (χ0v) is 11.7. The molecular weight excluding hydrogens is 250 g/mol. The van der Waals surface area contributed by atoms with E-state index in [0.717, 1.165) is 6.07 Å². The highest BCUT2D eigenvalue weighted by Gasteiger charge is 2.38. The first-order chi connectivity index (χ1) is 9.04. The van der Waals surface area contributed by atoms with Gasteiger partial charge in [-0.25, -0.2) is 14.2 Å². The topological polar surface area (TPSA) is 47.3 Å². The number of hydrazine groups is 1. The number of benzene rings is 1. The number of rotatable bonds is 7. The summed E-state index contributed by atoms with van der Waals surface area (Å²) in [6, 6.07) is 2.98. The number of ether oxygens (including phenoxy) is 1. The molecule has 0 spiro atoms. The quantitative estimate of drug-likeness (QED) is 0.592. The molecule has 3 nitrogen and oxygen atoms in total.